The molecule has 7 heteroatoms. The summed E-state index contributed by atoms with van der Waals surface area (Å²) in [6, 6.07) is 3.29. The molecule has 0 heterocycles. The molecule has 0 fully saturated rings. The second kappa shape index (κ2) is 6.70. The van der Waals surface area contributed by atoms with Crippen LogP contribution in [0.3, 0.4) is 0 Å². The molecule has 18 heavy (non-hydrogen) atoms. The Kier molecular flexibility index (Phi) is 5.26. The predicted octanol–water partition coefficient (Wildman–Crippen LogP) is 1.19. The van der Waals surface area contributed by atoms with Crippen LogP contribution in [0.5, 0.6) is 11.5 Å². The van der Waals surface area contributed by atoms with Crippen LogP contribution < -0.4 is 15.2 Å². The summed E-state index contributed by atoms with van der Waals surface area (Å²) < 4.78 is 10.2. The fraction of sp³-hybridized carbons (Fsp3) is 0.273. The van der Waals surface area contributed by atoms with Crippen LogP contribution in [0, 0.1) is 0 Å². The molecular formula is C11H13ClN2O4. The summed E-state index contributed by atoms with van der Waals surface area (Å²) in [6.07, 6.45) is 1.39. The van der Waals surface area contributed by atoms with Gasteiger partial charge in [-0.1, -0.05) is 16.8 Å². The zero-order valence-electron chi connectivity index (χ0n) is 9.97. The number of carbonyl (C=O) groups is 1. The van der Waals surface area contributed by atoms with Crippen molar-refractivity contribution in [2.24, 2.45) is 10.9 Å². The monoisotopic (exact) mass is 272 g/mol. The van der Waals surface area contributed by atoms with Crippen molar-refractivity contribution in [1.29, 1.82) is 0 Å². The fourth-order valence-corrected chi connectivity index (χ4v) is 1.51. The topological polar surface area (TPSA) is 83.1 Å². The molecule has 0 aliphatic heterocycles. The van der Waals surface area contributed by atoms with E-state index in [1.54, 1.807) is 12.1 Å². The van der Waals surface area contributed by atoms with Gasteiger partial charge in [-0.25, -0.2) is 0 Å². The van der Waals surface area contributed by atoms with E-state index in [1.165, 1.54) is 20.4 Å². The van der Waals surface area contributed by atoms with Gasteiger partial charge in [0.25, 0.3) is 5.91 Å². The van der Waals surface area contributed by atoms with E-state index in [0.717, 1.165) is 0 Å². The number of ether oxygens (including phenoxy) is 2. The number of halogens is 1. The van der Waals surface area contributed by atoms with Crippen LogP contribution in [0.4, 0.5) is 0 Å². The number of primary amides is 1. The largest absolute Gasteiger partial charge is 0.493 e. The van der Waals surface area contributed by atoms with Gasteiger partial charge in [-0.15, -0.1) is 0 Å². The number of rotatable bonds is 6. The summed E-state index contributed by atoms with van der Waals surface area (Å²) in [7, 11) is 2.99. The van der Waals surface area contributed by atoms with Gasteiger partial charge in [0.15, 0.2) is 18.1 Å². The molecule has 1 rings (SSSR count). The van der Waals surface area contributed by atoms with Crippen molar-refractivity contribution < 1.29 is 19.1 Å². The number of nitrogens with zero attached hydrogens (tertiary/aromatic N) is 1. The van der Waals surface area contributed by atoms with Gasteiger partial charge in [0, 0.05) is 5.56 Å². The molecular weight excluding hydrogens is 260 g/mol. The molecule has 0 radical (unpaired) electrons. The number of methoxy groups -OCH3 is 2. The molecule has 0 saturated heterocycles. The van der Waals surface area contributed by atoms with Crippen molar-refractivity contribution in [3.05, 3.63) is 22.7 Å². The van der Waals surface area contributed by atoms with Crippen molar-refractivity contribution in [2.75, 3.05) is 20.8 Å². The third kappa shape index (κ3) is 3.81. The van der Waals surface area contributed by atoms with E-state index in [2.05, 4.69) is 9.99 Å². The van der Waals surface area contributed by atoms with Gasteiger partial charge in [0.1, 0.15) is 0 Å². The molecule has 0 saturated carbocycles. The van der Waals surface area contributed by atoms with Crippen molar-refractivity contribution in [3.8, 4) is 11.5 Å². The van der Waals surface area contributed by atoms with E-state index in [4.69, 9.17) is 26.8 Å². The van der Waals surface area contributed by atoms with Crippen LogP contribution in [-0.2, 0) is 9.63 Å². The smallest absolute Gasteiger partial charge is 0.258 e. The fourth-order valence-electron chi connectivity index (χ4n) is 1.21. The van der Waals surface area contributed by atoms with E-state index in [9.17, 15) is 4.79 Å². The van der Waals surface area contributed by atoms with Crippen LogP contribution in [-0.4, -0.2) is 32.9 Å². The molecule has 1 aromatic rings. The lowest BCUT2D eigenvalue weighted by molar-refractivity contribution is -0.122. The Bertz CT molecular complexity index is 463. The first kappa shape index (κ1) is 14.1. The van der Waals surface area contributed by atoms with Gasteiger partial charge in [0.2, 0.25) is 0 Å². The van der Waals surface area contributed by atoms with E-state index in [-0.39, 0.29) is 6.61 Å². The predicted molar refractivity (Wildman–Crippen MR) is 67.3 cm³/mol. The van der Waals surface area contributed by atoms with Crippen molar-refractivity contribution in [2.45, 2.75) is 0 Å². The van der Waals surface area contributed by atoms with Gasteiger partial charge in [-0.3, -0.25) is 4.79 Å². The number of hydrogen-bond acceptors (Lipinski definition) is 5. The third-order valence-electron chi connectivity index (χ3n) is 1.94. The second-order valence-corrected chi connectivity index (χ2v) is 3.62. The molecule has 1 amide bonds. The van der Waals surface area contributed by atoms with E-state index < -0.39 is 5.91 Å². The molecule has 2 N–H and O–H groups in total. The Morgan fingerprint density at radius 2 is 2.17 bits per heavy atom. The Hall–Kier alpha value is -1.95. The molecule has 0 unspecified atom stereocenters. The first-order valence-corrected chi connectivity index (χ1v) is 5.31. The van der Waals surface area contributed by atoms with Crippen molar-refractivity contribution in [3.63, 3.8) is 0 Å². The lowest BCUT2D eigenvalue weighted by Crippen LogP contribution is -2.16. The van der Waals surface area contributed by atoms with Crippen LogP contribution in [0.1, 0.15) is 5.56 Å². The minimum Gasteiger partial charge on any atom is -0.493 e. The molecule has 0 atom stereocenters. The van der Waals surface area contributed by atoms with Crippen LogP contribution >= 0.6 is 11.6 Å². The highest BCUT2D eigenvalue weighted by molar-refractivity contribution is 6.32. The molecule has 0 aliphatic rings. The molecule has 98 valence electrons. The maximum Gasteiger partial charge on any atom is 0.258 e. The van der Waals surface area contributed by atoms with Gasteiger partial charge in [0.05, 0.1) is 25.5 Å². The van der Waals surface area contributed by atoms with Gasteiger partial charge >= 0.3 is 0 Å². The number of amides is 1. The molecule has 6 nitrogen and oxygen atoms in total. The van der Waals surface area contributed by atoms with Crippen LogP contribution in [0.25, 0.3) is 0 Å². The molecule has 0 spiro atoms. The number of carbonyl (C=O) groups excluding carboxylic acids is 1. The quantitative estimate of drug-likeness (QED) is 0.623. The van der Waals surface area contributed by atoms with Crippen LogP contribution in [0.2, 0.25) is 5.02 Å². The highest BCUT2D eigenvalue weighted by Gasteiger charge is 2.09. The maximum atomic E-state index is 10.4. The number of benzene rings is 1. The lowest BCUT2D eigenvalue weighted by atomic mass is 10.2. The minimum atomic E-state index is -0.600. The van der Waals surface area contributed by atoms with E-state index >= 15 is 0 Å². The molecule has 1 aromatic carbocycles. The zero-order valence-corrected chi connectivity index (χ0v) is 10.7. The van der Waals surface area contributed by atoms with Gasteiger partial charge < -0.3 is 20.0 Å². The van der Waals surface area contributed by atoms with E-state index in [0.29, 0.717) is 22.1 Å². The molecule has 0 aromatic heterocycles. The average molecular weight is 273 g/mol. The first-order valence-electron chi connectivity index (χ1n) is 4.93. The SMILES string of the molecule is COc1cc(/C=N\OCC(N)=O)cc(Cl)c1OC. The number of hydrogen-bond donors (Lipinski definition) is 1. The van der Waals surface area contributed by atoms with Crippen LogP contribution in [0.15, 0.2) is 17.3 Å². The second-order valence-electron chi connectivity index (χ2n) is 3.21. The van der Waals surface area contributed by atoms with Gasteiger partial charge in [-0.05, 0) is 12.1 Å². The number of oxime groups is 1. The number of nitrogens with two attached hydrogens (primary N) is 1. The molecule has 0 aliphatic carbocycles. The zero-order chi connectivity index (χ0) is 13.5. The van der Waals surface area contributed by atoms with Crippen molar-refractivity contribution in [1.82, 2.24) is 0 Å². The minimum absolute atomic E-state index is 0.280. The Morgan fingerprint density at radius 1 is 1.44 bits per heavy atom. The Labute approximate surface area is 109 Å². The summed E-state index contributed by atoms with van der Waals surface area (Å²) in [4.78, 5) is 15.1. The summed E-state index contributed by atoms with van der Waals surface area (Å²) in [5, 5.41) is 3.96. The molecule has 0 bridgehead atoms. The van der Waals surface area contributed by atoms with Gasteiger partial charge in [-0.2, -0.15) is 0 Å². The summed E-state index contributed by atoms with van der Waals surface area (Å²) >= 11 is 6.00. The summed E-state index contributed by atoms with van der Waals surface area (Å²) in [6.45, 7) is -0.280. The first-order chi connectivity index (χ1) is 8.58. The Balaban J connectivity index is 2.84. The summed E-state index contributed by atoms with van der Waals surface area (Å²) in [5.41, 5.74) is 5.52. The normalized spacial score (nSPS) is 10.4. The summed E-state index contributed by atoms with van der Waals surface area (Å²) in [5.74, 6) is 0.313. The average Bonchev–Trinajstić information content (AvgIpc) is 2.33. The lowest BCUT2D eigenvalue weighted by Gasteiger charge is -2.09. The maximum absolute atomic E-state index is 10.4. The Morgan fingerprint density at radius 3 is 2.72 bits per heavy atom. The van der Waals surface area contributed by atoms with Crippen molar-refractivity contribution >= 4 is 23.7 Å². The highest BCUT2D eigenvalue weighted by atomic mass is 35.5. The standard InChI is InChI=1S/C11H13ClN2O4/c1-16-9-4-7(3-8(12)11(9)17-2)5-14-18-6-10(13)15/h3-5H,6H2,1-2H3,(H2,13,15)/b14-5-. The van der Waals surface area contributed by atoms with E-state index in [1.807, 2.05) is 0 Å². The highest BCUT2D eigenvalue weighted by Crippen LogP contribution is 2.35. The third-order valence-corrected chi connectivity index (χ3v) is 2.22.